The molecule has 0 saturated heterocycles. The van der Waals surface area contributed by atoms with Crippen molar-refractivity contribution >= 4 is 31.6 Å². The van der Waals surface area contributed by atoms with E-state index in [1.165, 1.54) is 0 Å². The molecule has 2 aromatic rings. The monoisotopic (exact) mass is 428 g/mol. The summed E-state index contributed by atoms with van der Waals surface area (Å²) < 4.78 is 65.1. The van der Waals surface area contributed by atoms with Gasteiger partial charge in [0, 0.05) is 24.5 Å². The number of benzene rings is 2. The molecule has 0 amide bonds. The number of nitrogens with one attached hydrogen (secondary N) is 2. The molecule has 0 bridgehead atoms. The molecule has 0 aromatic heterocycles. The smallest absolute Gasteiger partial charge is 0.295 e. The van der Waals surface area contributed by atoms with Crippen LogP contribution in [0.15, 0.2) is 34.1 Å². The van der Waals surface area contributed by atoms with Crippen LogP contribution < -0.4 is 10.6 Å². The second kappa shape index (κ2) is 8.08. The molecule has 0 heterocycles. The zero-order valence-electron chi connectivity index (χ0n) is 16.1. The van der Waals surface area contributed by atoms with Gasteiger partial charge in [-0.05, 0) is 62.1 Å². The predicted octanol–water partition coefficient (Wildman–Crippen LogP) is 2.94. The number of aryl methyl sites for hydroxylation is 2. The summed E-state index contributed by atoms with van der Waals surface area (Å²) in [5, 5.41) is 6.19. The van der Waals surface area contributed by atoms with E-state index in [4.69, 9.17) is 0 Å². The van der Waals surface area contributed by atoms with Crippen molar-refractivity contribution in [1.29, 1.82) is 0 Å². The van der Waals surface area contributed by atoms with Crippen LogP contribution >= 0.6 is 0 Å². The van der Waals surface area contributed by atoms with Crippen LogP contribution in [0.1, 0.15) is 22.3 Å². The molecule has 10 heteroatoms. The molecule has 0 saturated carbocycles. The Bertz CT molecular complexity index is 1020. The molecule has 0 unspecified atom stereocenters. The largest absolute Gasteiger partial charge is 0.383 e. The molecule has 0 fully saturated rings. The first kappa shape index (κ1) is 22.2. The van der Waals surface area contributed by atoms with Gasteiger partial charge < -0.3 is 10.6 Å². The first-order valence-corrected chi connectivity index (χ1v) is 11.3. The predicted molar refractivity (Wildman–Crippen MR) is 108 cm³/mol. The van der Waals surface area contributed by atoms with E-state index in [0.717, 1.165) is 0 Å². The Morgan fingerprint density at radius 2 is 1.00 bits per heavy atom. The topological polar surface area (TPSA) is 133 Å². The van der Waals surface area contributed by atoms with Gasteiger partial charge in [-0.15, -0.1) is 0 Å². The van der Waals surface area contributed by atoms with Gasteiger partial charge in [-0.3, -0.25) is 9.11 Å². The first-order chi connectivity index (χ1) is 12.8. The normalized spacial score (nSPS) is 12.1. The summed E-state index contributed by atoms with van der Waals surface area (Å²) in [4.78, 5) is -0.227. The fraction of sp³-hybridized carbons (Fsp3) is 0.333. The molecule has 0 radical (unpaired) electrons. The maximum absolute atomic E-state index is 11.6. The van der Waals surface area contributed by atoms with Crippen LogP contribution in [0.2, 0.25) is 0 Å². The molecular weight excluding hydrogens is 404 g/mol. The Morgan fingerprint density at radius 1 is 0.679 bits per heavy atom. The van der Waals surface area contributed by atoms with Crippen LogP contribution in [0, 0.1) is 27.7 Å². The minimum atomic E-state index is -4.32. The van der Waals surface area contributed by atoms with Gasteiger partial charge >= 0.3 is 0 Å². The number of rotatable bonds is 7. The van der Waals surface area contributed by atoms with Gasteiger partial charge in [0.25, 0.3) is 20.2 Å². The summed E-state index contributed by atoms with van der Waals surface area (Å²) in [5.74, 6) is 0. The zero-order chi connectivity index (χ0) is 21.3. The second-order valence-electron chi connectivity index (χ2n) is 6.57. The Hall–Kier alpha value is -2.14. The summed E-state index contributed by atoms with van der Waals surface area (Å²) in [6.45, 7) is 7.23. The lowest BCUT2D eigenvalue weighted by Crippen LogP contribution is -2.16. The highest BCUT2D eigenvalue weighted by atomic mass is 32.2. The van der Waals surface area contributed by atoms with Crippen LogP contribution in [0.3, 0.4) is 0 Å². The summed E-state index contributed by atoms with van der Waals surface area (Å²) in [7, 11) is -8.65. The number of anilines is 2. The molecule has 2 rings (SSSR count). The number of hydrogen-bond donors (Lipinski definition) is 4. The zero-order valence-corrected chi connectivity index (χ0v) is 17.7. The van der Waals surface area contributed by atoms with E-state index in [9.17, 15) is 25.9 Å². The lowest BCUT2D eigenvalue weighted by molar-refractivity contribution is 0.479. The van der Waals surface area contributed by atoms with E-state index in [0.29, 0.717) is 46.7 Å². The second-order valence-corrected chi connectivity index (χ2v) is 9.29. The molecule has 0 aliphatic heterocycles. The third-order valence-corrected chi connectivity index (χ3v) is 6.77. The van der Waals surface area contributed by atoms with Gasteiger partial charge in [0.05, 0.1) is 0 Å². The van der Waals surface area contributed by atoms with Gasteiger partial charge in [0.1, 0.15) is 9.79 Å². The highest BCUT2D eigenvalue weighted by Crippen LogP contribution is 2.27. The van der Waals surface area contributed by atoms with Crippen molar-refractivity contribution in [2.75, 3.05) is 23.7 Å². The average Bonchev–Trinajstić information content (AvgIpc) is 2.52. The molecule has 2 aromatic carbocycles. The van der Waals surface area contributed by atoms with Gasteiger partial charge in [-0.25, -0.2) is 0 Å². The molecule has 28 heavy (non-hydrogen) atoms. The van der Waals surface area contributed by atoms with E-state index < -0.39 is 20.2 Å². The fourth-order valence-corrected chi connectivity index (χ4v) is 5.17. The van der Waals surface area contributed by atoms with Crippen LogP contribution in [0.4, 0.5) is 11.4 Å². The molecule has 0 aliphatic carbocycles. The lowest BCUT2D eigenvalue weighted by Gasteiger charge is -2.16. The van der Waals surface area contributed by atoms with Crippen LogP contribution in [-0.2, 0) is 20.2 Å². The van der Waals surface area contributed by atoms with Crippen LogP contribution in [-0.4, -0.2) is 39.0 Å². The Morgan fingerprint density at radius 3 is 1.29 bits per heavy atom. The van der Waals surface area contributed by atoms with E-state index in [1.807, 2.05) is 0 Å². The van der Waals surface area contributed by atoms with Crippen molar-refractivity contribution < 1.29 is 25.9 Å². The van der Waals surface area contributed by atoms with E-state index in [-0.39, 0.29) is 9.79 Å². The summed E-state index contributed by atoms with van der Waals surface area (Å²) >= 11 is 0. The van der Waals surface area contributed by atoms with Crippen molar-refractivity contribution in [3.05, 3.63) is 46.5 Å². The lowest BCUT2D eigenvalue weighted by atomic mass is 10.1. The van der Waals surface area contributed by atoms with Crippen molar-refractivity contribution in [2.24, 2.45) is 0 Å². The fourth-order valence-electron chi connectivity index (χ4n) is 3.23. The maximum Gasteiger partial charge on any atom is 0.295 e. The Balaban J connectivity index is 2.13. The first-order valence-electron chi connectivity index (χ1n) is 8.47. The quantitative estimate of drug-likeness (QED) is 0.391. The molecule has 0 spiro atoms. The Kier molecular flexibility index (Phi) is 6.39. The average molecular weight is 429 g/mol. The molecular formula is C18H24N2O6S2. The summed E-state index contributed by atoms with van der Waals surface area (Å²) in [6.07, 6.45) is 0. The van der Waals surface area contributed by atoms with Crippen molar-refractivity contribution in [3.63, 3.8) is 0 Å². The van der Waals surface area contributed by atoms with Crippen LogP contribution in [0.25, 0.3) is 0 Å². The Labute approximate surface area is 165 Å². The molecule has 8 nitrogen and oxygen atoms in total. The van der Waals surface area contributed by atoms with Crippen molar-refractivity contribution in [3.8, 4) is 0 Å². The SMILES string of the molecule is Cc1ccc(NCCNc2ccc(C)c(S(=O)(=O)O)c2C)c(C)c1S(=O)(=O)O. The van der Waals surface area contributed by atoms with Gasteiger partial charge in [-0.1, -0.05) is 12.1 Å². The van der Waals surface area contributed by atoms with Gasteiger partial charge in [-0.2, -0.15) is 16.8 Å². The van der Waals surface area contributed by atoms with E-state index in [1.54, 1.807) is 52.0 Å². The van der Waals surface area contributed by atoms with Crippen LogP contribution in [0.5, 0.6) is 0 Å². The van der Waals surface area contributed by atoms with Gasteiger partial charge in [0.15, 0.2) is 0 Å². The van der Waals surface area contributed by atoms with Gasteiger partial charge in [0.2, 0.25) is 0 Å². The third kappa shape index (κ3) is 4.82. The minimum absolute atomic E-state index is 0.113. The minimum Gasteiger partial charge on any atom is -0.383 e. The molecule has 0 aliphatic rings. The highest BCUT2D eigenvalue weighted by Gasteiger charge is 2.19. The van der Waals surface area contributed by atoms with Crippen molar-refractivity contribution in [2.45, 2.75) is 37.5 Å². The standard InChI is InChI=1S/C18H24N2O6S2/c1-11-5-7-15(13(3)17(11)27(21,22)23)19-9-10-20-16-8-6-12(2)18(14(16)4)28(24,25)26/h5-8,19-20H,9-10H2,1-4H3,(H,21,22,23)(H,24,25,26). The van der Waals surface area contributed by atoms with Crippen molar-refractivity contribution in [1.82, 2.24) is 0 Å². The maximum atomic E-state index is 11.6. The summed E-state index contributed by atoms with van der Waals surface area (Å²) in [6, 6.07) is 6.67. The molecule has 4 N–H and O–H groups in total. The molecule has 154 valence electrons. The third-order valence-electron chi connectivity index (χ3n) is 4.48. The highest BCUT2D eigenvalue weighted by molar-refractivity contribution is 7.86. The van der Waals surface area contributed by atoms with E-state index in [2.05, 4.69) is 10.6 Å². The summed E-state index contributed by atoms with van der Waals surface area (Å²) in [5.41, 5.74) is 2.89. The van der Waals surface area contributed by atoms with E-state index >= 15 is 0 Å². The number of hydrogen-bond acceptors (Lipinski definition) is 6. The molecule has 0 atom stereocenters.